The third kappa shape index (κ3) is 5.26. The normalized spacial score (nSPS) is 11.8. The SMILES string of the molecule is Cc1cccc(C)c1OCCNC(=O)NCC(O)c1ccsc1. The van der Waals surface area contributed by atoms with Crippen LogP contribution in [0, 0.1) is 13.8 Å². The van der Waals surface area contributed by atoms with Gasteiger partial charge in [-0.15, -0.1) is 0 Å². The summed E-state index contributed by atoms with van der Waals surface area (Å²) in [5.41, 5.74) is 2.97. The van der Waals surface area contributed by atoms with Gasteiger partial charge in [0.1, 0.15) is 12.4 Å². The summed E-state index contributed by atoms with van der Waals surface area (Å²) in [4.78, 5) is 11.7. The van der Waals surface area contributed by atoms with Gasteiger partial charge in [0, 0.05) is 6.54 Å². The highest BCUT2D eigenvalue weighted by Gasteiger charge is 2.09. The first-order valence-corrected chi connectivity index (χ1v) is 8.43. The van der Waals surface area contributed by atoms with Gasteiger partial charge in [-0.25, -0.2) is 4.79 Å². The van der Waals surface area contributed by atoms with Crippen LogP contribution in [-0.2, 0) is 0 Å². The molecule has 2 amide bonds. The Balaban J connectivity index is 1.65. The van der Waals surface area contributed by atoms with Crippen molar-refractivity contribution in [2.75, 3.05) is 19.7 Å². The van der Waals surface area contributed by atoms with Crippen molar-refractivity contribution in [1.82, 2.24) is 10.6 Å². The van der Waals surface area contributed by atoms with Crippen molar-refractivity contribution in [3.8, 4) is 5.75 Å². The molecule has 0 saturated heterocycles. The van der Waals surface area contributed by atoms with E-state index < -0.39 is 6.10 Å². The number of aliphatic hydroxyl groups is 1. The van der Waals surface area contributed by atoms with Gasteiger partial charge in [0.25, 0.3) is 0 Å². The van der Waals surface area contributed by atoms with E-state index in [1.807, 2.05) is 48.9 Å². The lowest BCUT2D eigenvalue weighted by Gasteiger charge is -2.13. The van der Waals surface area contributed by atoms with Gasteiger partial charge in [0.05, 0.1) is 12.6 Å². The quantitative estimate of drug-likeness (QED) is 0.682. The topological polar surface area (TPSA) is 70.6 Å². The molecule has 0 saturated carbocycles. The van der Waals surface area contributed by atoms with Crippen LogP contribution in [0.25, 0.3) is 0 Å². The van der Waals surface area contributed by atoms with Crippen LogP contribution < -0.4 is 15.4 Å². The summed E-state index contributed by atoms with van der Waals surface area (Å²) in [6.45, 7) is 4.96. The number of hydrogen-bond acceptors (Lipinski definition) is 4. The third-order valence-electron chi connectivity index (χ3n) is 3.43. The number of urea groups is 1. The summed E-state index contributed by atoms with van der Waals surface area (Å²) >= 11 is 1.51. The Kier molecular flexibility index (Phi) is 6.43. The van der Waals surface area contributed by atoms with Crippen LogP contribution in [0.5, 0.6) is 5.75 Å². The molecule has 0 aliphatic carbocycles. The second-order valence-corrected chi connectivity index (χ2v) is 6.06. The second-order valence-electron chi connectivity index (χ2n) is 5.28. The van der Waals surface area contributed by atoms with E-state index in [1.165, 1.54) is 11.3 Å². The summed E-state index contributed by atoms with van der Waals surface area (Å²) in [6.07, 6.45) is -0.683. The Morgan fingerprint density at radius 3 is 2.65 bits per heavy atom. The van der Waals surface area contributed by atoms with Gasteiger partial charge in [-0.2, -0.15) is 11.3 Å². The molecule has 3 N–H and O–H groups in total. The Labute approximate surface area is 140 Å². The summed E-state index contributed by atoms with van der Waals surface area (Å²) < 4.78 is 5.71. The Morgan fingerprint density at radius 1 is 1.26 bits per heavy atom. The molecular weight excluding hydrogens is 312 g/mol. The predicted molar refractivity (Wildman–Crippen MR) is 92.1 cm³/mol. The lowest BCUT2D eigenvalue weighted by Crippen LogP contribution is -2.39. The van der Waals surface area contributed by atoms with Crippen LogP contribution in [0.3, 0.4) is 0 Å². The monoisotopic (exact) mass is 334 g/mol. The highest BCUT2D eigenvalue weighted by atomic mass is 32.1. The molecule has 6 heteroatoms. The highest BCUT2D eigenvalue weighted by molar-refractivity contribution is 7.07. The number of rotatable bonds is 7. The van der Waals surface area contributed by atoms with E-state index in [4.69, 9.17) is 4.74 Å². The maximum absolute atomic E-state index is 11.7. The Bertz CT molecular complexity index is 609. The summed E-state index contributed by atoms with van der Waals surface area (Å²) in [7, 11) is 0. The number of amides is 2. The molecule has 0 spiro atoms. The lowest BCUT2D eigenvalue weighted by molar-refractivity contribution is 0.173. The molecule has 1 aromatic heterocycles. The molecule has 0 bridgehead atoms. The summed E-state index contributed by atoms with van der Waals surface area (Å²) in [6, 6.07) is 7.50. The largest absolute Gasteiger partial charge is 0.491 e. The van der Waals surface area contributed by atoms with Crippen molar-refractivity contribution in [3.05, 3.63) is 51.7 Å². The van der Waals surface area contributed by atoms with E-state index in [0.717, 1.165) is 22.4 Å². The van der Waals surface area contributed by atoms with Gasteiger partial charge in [0.15, 0.2) is 0 Å². The number of carbonyl (C=O) groups is 1. The van der Waals surface area contributed by atoms with Gasteiger partial charge in [-0.1, -0.05) is 18.2 Å². The van der Waals surface area contributed by atoms with E-state index in [9.17, 15) is 9.90 Å². The number of aliphatic hydroxyl groups excluding tert-OH is 1. The first-order valence-electron chi connectivity index (χ1n) is 7.49. The Hall–Kier alpha value is -2.05. The number of thiophene rings is 1. The molecule has 0 aliphatic heterocycles. The molecule has 1 aromatic carbocycles. The molecule has 23 heavy (non-hydrogen) atoms. The fourth-order valence-electron chi connectivity index (χ4n) is 2.18. The number of nitrogens with one attached hydrogen (secondary N) is 2. The van der Waals surface area contributed by atoms with Crippen molar-refractivity contribution >= 4 is 17.4 Å². The van der Waals surface area contributed by atoms with Crippen LogP contribution in [0.4, 0.5) is 4.79 Å². The zero-order valence-corrected chi connectivity index (χ0v) is 14.2. The summed E-state index contributed by atoms with van der Waals surface area (Å²) in [5.74, 6) is 0.864. The van der Waals surface area contributed by atoms with E-state index in [1.54, 1.807) is 0 Å². The fourth-order valence-corrected chi connectivity index (χ4v) is 2.89. The molecule has 0 fully saturated rings. The molecule has 1 atom stereocenters. The summed E-state index contributed by atoms with van der Waals surface area (Å²) in [5, 5.41) is 19.0. The van der Waals surface area contributed by atoms with Gasteiger partial charge >= 0.3 is 6.03 Å². The van der Waals surface area contributed by atoms with Gasteiger partial charge in [-0.05, 0) is 47.4 Å². The average Bonchev–Trinajstić information content (AvgIpc) is 3.06. The van der Waals surface area contributed by atoms with Crippen LogP contribution in [-0.4, -0.2) is 30.8 Å². The number of hydrogen-bond donors (Lipinski definition) is 3. The minimum atomic E-state index is -0.683. The third-order valence-corrected chi connectivity index (χ3v) is 4.13. The van der Waals surface area contributed by atoms with Gasteiger partial charge < -0.3 is 20.5 Å². The highest BCUT2D eigenvalue weighted by Crippen LogP contribution is 2.21. The molecule has 5 nitrogen and oxygen atoms in total. The molecule has 2 rings (SSSR count). The van der Waals surface area contributed by atoms with E-state index in [0.29, 0.717) is 13.2 Å². The zero-order chi connectivity index (χ0) is 16.7. The average molecular weight is 334 g/mol. The van der Waals surface area contributed by atoms with Crippen LogP contribution in [0.2, 0.25) is 0 Å². The maximum Gasteiger partial charge on any atom is 0.315 e. The number of ether oxygens (including phenoxy) is 1. The molecular formula is C17H22N2O3S. The zero-order valence-electron chi connectivity index (χ0n) is 13.3. The van der Waals surface area contributed by atoms with Crippen molar-refractivity contribution < 1.29 is 14.6 Å². The number of aryl methyl sites for hydroxylation is 2. The van der Waals surface area contributed by atoms with Crippen LogP contribution in [0.1, 0.15) is 22.8 Å². The van der Waals surface area contributed by atoms with Crippen LogP contribution >= 0.6 is 11.3 Å². The van der Waals surface area contributed by atoms with Crippen molar-refractivity contribution in [3.63, 3.8) is 0 Å². The second kappa shape index (κ2) is 8.55. The van der Waals surface area contributed by atoms with Gasteiger partial charge in [0.2, 0.25) is 0 Å². The van der Waals surface area contributed by atoms with Gasteiger partial charge in [-0.3, -0.25) is 0 Å². The molecule has 1 heterocycles. The van der Waals surface area contributed by atoms with E-state index in [2.05, 4.69) is 10.6 Å². The first-order chi connectivity index (χ1) is 11.1. The molecule has 124 valence electrons. The first kappa shape index (κ1) is 17.3. The molecule has 1 unspecified atom stereocenters. The number of benzene rings is 1. The van der Waals surface area contributed by atoms with Crippen LogP contribution in [0.15, 0.2) is 35.0 Å². The lowest BCUT2D eigenvalue weighted by atomic mass is 10.1. The minimum absolute atomic E-state index is 0.181. The fraction of sp³-hybridized carbons (Fsp3) is 0.353. The minimum Gasteiger partial charge on any atom is -0.491 e. The van der Waals surface area contributed by atoms with E-state index in [-0.39, 0.29) is 12.6 Å². The van der Waals surface area contributed by atoms with Crippen molar-refractivity contribution in [1.29, 1.82) is 0 Å². The molecule has 2 aromatic rings. The molecule has 0 aliphatic rings. The predicted octanol–water partition coefficient (Wildman–Crippen LogP) is 2.78. The van der Waals surface area contributed by atoms with Crippen molar-refractivity contribution in [2.24, 2.45) is 0 Å². The Morgan fingerprint density at radius 2 is 2.00 bits per heavy atom. The number of carbonyl (C=O) groups excluding carboxylic acids is 1. The smallest absolute Gasteiger partial charge is 0.315 e. The number of para-hydroxylation sites is 1. The maximum atomic E-state index is 11.7. The standard InChI is InChI=1S/C17H22N2O3S/c1-12-4-3-5-13(2)16(12)22-8-7-18-17(21)19-10-15(20)14-6-9-23-11-14/h3-6,9,11,15,20H,7-8,10H2,1-2H3,(H2,18,19,21). The van der Waals surface area contributed by atoms with E-state index >= 15 is 0 Å². The molecule has 0 radical (unpaired) electrons. The van der Waals surface area contributed by atoms with Crippen molar-refractivity contribution in [2.45, 2.75) is 20.0 Å².